The van der Waals surface area contributed by atoms with Crippen LogP contribution in [0.15, 0.2) is 0 Å². The third-order valence-electron chi connectivity index (χ3n) is 1.68. The molecule has 0 aromatic carbocycles. The molecule has 0 saturated heterocycles. The zero-order chi connectivity index (χ0) is 8.43. The minimum absolute atomic E-state index is 0.0348. The second-order valence-corrected chi connectivity index (χ2v) is 2.86. The fourth-order valence-corrected chi connectivity index (χ4v) is 0.923. The summed E-state index contributed by atoms with van der Waals surface area (Å²) in [6.45, 7) is -0.185. The van der Waals surface area contributed by atoms with Gasteiger partial charge in [-0.05, 0) is 12.8 Å². The van der Waals surface area contributed by atoms with Crippen molar-refractivity contribution in [1.29, 1.82) is 0 Å². The van der Waals surface area contributed by atoms with Gasteiger partial charge >= 0.3 is 5.97 Å². The molecule has 1 saturated carbocycles. The van der Waals surface area contributed by atoms with Crippen LogP contribution in [-0.2, 0) is 9.59 Å². The van der Waals surface area contributed by atoms with Crippen molar-refractivity contribution in [1.82, 2.24) is 4.90 Å². The van der Waals surface area contributed by atoms with Crippen LogP contribution in [0.2, 0.25) is 0 Å². The Bertz CT molecular complexity index is 186. The van der Waals surface area contributed by atoms with Gasteiger partial charge in [0.2, 0.25) is 5.91 Å². The fourth-order valence-electron chi connectivity index (χ4n) is 0.923. The van der Waals surface area contributed by atoms with Gasteiger partial charge in [-0.25, -0.2) is 0 Å². The van der Waals surface area contributed by atoms with Gasteiger partial charge in [0.15, 0.2) is 0 Å². The van der Waals surface area contributed by atoms with E-state index in [-0.39, 0.29) is 18.4 Å². The number of carbonyl (C=O) groups excluding carboxylic acids is 1. The maximum atomic E-state index is 11.1. The van der Waals surface area contributed by atoms with Crippen molar-refractivity contribution in [3.8, 4) is 0 Å². The van der Waals surface area contributed by atoms with E-state index in [2.05, 4.69) is 0 Å². The van der Waals surface area contributed by atoms with Crippen LogP contribution in [0, 0.1) is 5.92 Å². The summed E-state index contributed by atoms with van der Waals surface area (Å²) in [4.78, 5) is 22.5. The summed E-state index contributed by atoms with van der Waals surface area (Å²) in [6, 6.07) is 0. The lowest BCUT2D eigenvalue weighted by atomic mass is 10.3. The van der Waals surface area contributed by atoms with E-state index in [1.807, 2.05) is 0 Å². The first-order valence-corrected chi connectivity index (χ1v) is 3.58. The smallest absolute Gasteiger partial charge is 0.323 e. The van der Waals surface area contributed by atoms with E-state index in [0.29, 0.717) is 0 Å². The molecular formula is C7H11NO3. The lowest BCUT2D eigenvalue weighted by Crippen LogP contribution is -2.32. The van der Waals surface area contributed by atoms with Crippen molar-refractivity contribution < 1.29 is 14.7 Å². The Morgan fingerprint density at radius 1 is 1.55 bits per heavy atom. The summed E-state index contributed by atoms with van der Waals surface area (Å²) < 4.78 is 0. The highest BCUT2D eigenvalue weighted by Crippen LogP contribution is 2.30. The fraction of sp³-hybridized carbons (Fsp3) is 0.714. The van der Waals surface area contributed by atoms with Crippen LogP contribution in [0.1, 0.15) is 12.8 Å². The average Bonchev–Trinajstić information content (AvgIpc) is 2.65. The average molecular weight is 157 g/mol. The van der Waals surface area contributed by atoms with Crippen molar-refractivity contribution in [2.75, 3.05) is 13.6 Å². The molecule has 0 spiro atoms. The second kappa shape index (κ2) is 2.90. The van der Waals surface area contributed by atoms with Crippen LogP contribution in [-0.4, -0.2) is 35.5 Å². The van der Waals surface area contributed by atoms with Gasteiger partial charge in [-0.15, -0.1) is 0 Å². The van der Waals surface area contributed by atoms with E-state index in [1.165, 1.54) is 11.9 Å². The van der Waals surface area contributed by atoms with E-state index in [4.69, 9.17) is 5.11 Å². The number of carbonyl (C=O) groups is 2. The predicted molar refractivity (Wildman–Crippen MR) is 38.0 cm³/mol. The molecule has 1 aliphatic carbocycles. The minimum Gasteiger partial charge on any atom is -0.480 e. The highest BCUT2D eigenvalue weighted by Gasteiger charge is 2.32. The summed E-state index contributed by atoms with van der Waals surface area (Å²) in [5, 5.41) is 8.34. The van der Waals surface area contributed by atoms with Gasteiger partial charge in [-0.2, -0.15) is 0 Å². The number of aliphatic carboxylic acids is 1. The van der Waals surface area contributed by atoms with Crippen LogP contribution in [0.25, 0.3) is 0 Å². The molecule has 0 aromatic rings. The number of amides is 1. The minimum atomic E-state index is -0.957. The summed E-state index contributed by atoms with van der Waals surface area (Å²) in [7, 11) is 1.52. The zero-order valence-corrected chi connectivity index (χ0v) is 6.41. The maximum Gasteiger partial charge on any atom is 0.323 e. The molecule has 0 bridgehead atoms. The molecule has 1 fully saturated rings. The molecule has 11 heavy (non-hydrogen) atoms. The van der Waals surface area contributed by atoms with Crippen molar-refractivity contribution in [2.45, 2.75) is 12.8 Å². The molecule has 0 aliphatic heterocycles. The van der Waals surface area contributed by atoms with Crippen molar-refractivity contribution >= 4 is 11.9 Å². The first kappa shape index (κ1) is 8.04. The van der Waals surface area contributed by atoms with Crippen LogP contribution >= 0.6 is 0 Å². The molecule has 4 heteroatoms. The molecule has 1 amide bonds. The van der Waals surface area contributed by atoms with Gasteiger partial charge in [-0.1, -0.05) is 0 Å². The van der Waals surface area contributed by atoms with Crippen molar-refractivity contribution in [3.05, 3.63) is 0 Å². The quantitative estimate of drug-likeness (QED) is 0.624. The number of carboxylic acid groups (broad SMARTS) is 1. The first-order valence-electron chi connectivity index (χ1n) is 3.58. The second-order valence-electron chi connectivity index (χ2n) is 2.86. The highest BCUT2D eigenvalue weighted by molar-refractivity contribution is 5.84. The number of hydrogen-bond donors (Lipinski definition) is 1. The molecule has 0 aromatic heterocycles. The Morgan fingerprint density at radius 3 is 2.45 bits per heavy atom. The van der Waals surface area contributed by atoms with Gasteiger partial charge in [0.25, 0.3) is 0 Å². The van der Waals surface area contributed by atoms with Gasteiger partial charge < -0.3 is 10.0 Å². The number of hydrogen-bond acceptors (Lipinski definition) is 2. The summed E-state index contributed by atoms with van der Waals surface area (Å²) in [5.74, 6) is -0.881. The molecule has 1 aliphatic rings. The molecule has 0 heterocycles. The van der Waals surface area contributed by atoms with Crippen LogP contribution in [0.4, 0.5) is 0 Å². The van der Waals surface area contributed by atoms with Crippen LogP contribution < -0.4 is 0 Å². The van der Waals surface area contributed by atoms with E-state index in [0.717, 1.165) is 12.8 Å². The predicted octanol–water partition coefficient (Wildman–Crippen LogP) is -0.0606. The van der Waals surface area contributed by atoms with Gasteiger partial charge in [0.1, 0.15) is 6.54 Å². The highest BCUT2D eigenvalue weighted by atomic mass is 16.4. The largest absolute Gasteiger partial charge is 0.480 e. The molecule has 1 N–H and O–H groups in total. The normalized spacial score (nSPS) is 16.1. The topological polar surface area (TPSA) is 57.6 Å². The summed E-state index contributed by atoms with van der Waals surface area (Å²) in [5.41, 5.74) is 0. The lowest BCUT2D eigenvalue weighted by molar-refractivity contribution is -0.143. The molecule has 4 nitrogen and oxygen atoms in total. The van der Waals surface area contributed by atoms with Gasteiger partial charge in [-0.3, -0.25) is 9.59 Å². The van der Waals surface area contributed by atoms with E-state index in [9.17, 15) is 9.59 Å². The van der Waals surface area contributed by atoms with E-state index in [1.54, 1.807) is 0 Å². The third-order valence-corrected chi connectivity index (χ3v) is 1.68. The molecular weight excluding hydrogens is 146 g/mol. The molecule has 1 rings (SSSR count). The Morgan fingerprint density at radius 2 is 2.09 bits per heavy atom. The van der Waals surface area contributed by atoms with Gasteiger partial charge in [0.05, 0.1) is 0 Å². The van der Waals surface area contributed by atoms with Crippen LogP contribution in [0.3, 0.4) is 0 Å². The third kappa shape index (κ3) is 2.22. The number of nitrogens with zero attached hydrogens (tertiary/aromatic N) is 1. The molecule has 0 atom stereocenters. The lowest BCUT2D eigenvalue weighted by Gasteiger charge is -2.13. The monoisotopic (exact) mass is 157 g/mol. The zero-order valence-electron chi connectivity index (χ0n) is 6.41. The number of rotatable bonds is 3. The Hall–Kier alpha value is -1.06. The van der Waals surface area contributed by atoms with Gasteiger partial charge in [0, 0.05) is 13.0 Å². The summed E-state index contributed by atoms with van der Waals surface area (Å²) in [6.07, 6.45) is 1.84. The summed E-state index contributed by atoms with van der Waals surface area (Å²) >= 11 is 0. The SMILES string of the molecule is CN(CC(=O)O)C(=O)C1CC1. The van der Waals surface area contributed by atoms with Crippen LogP contribution in [0.5, 0.6) is 0 Å². The van der Waals surface area contributed by atoms with E-state index >= 15 is 0 Å². The first-order chi connectivity index (χ1) is 5.11. The Labute approximate surface area is 64.8 Å². The van der Waals surface area contributed by atoms with Crippen molar-refractivity contribution in [3.63, 3.8) is 0 Å². The molecule has 0 unspecified atom stereocenters. The number of likely N-dealkylation sites (N-methyl/N-ethyl adjacent to an activating group) is 1. The standard InChI is InChI=1S/C7H11NO3/c1-8(4-6(9)10)7(11)5-2-3-5/h5H,2-4H2,1H3,(H,9,10). The maximum absolute atomic E-state index is 11.1. The Kier molecular flexibility index (Phi) is 2.12. The van der Waals surface area contributed by atoms with E-state index < -0.39 is 5.97 Å². The number of carboxylic acids is 1. The molecule has 62 valence electrons. The Balaban J connectivity index is 2.33. The van der Waals surface area contributed by atoms with Crippen molar-refractivity contribution in [2.24, 2.45) is 5.92 Å². The molecule has 0 radical (unpaired) electrons.